The third-order valence-electron chi connectivity index (χ3n) is 13.0. The van der Waals surface area contributed by atoms with E-state index in [4.69, 9.17) is 4.74 Å². The monoisotopic (exact) mass is 791 g/mol. The van der Waals surface area contributed by atoms with Crippen molar-refractivity contribution in [3.05, 3.63) is 78.4 Å². The van der Waals surface area contributed by atoms with Crippen LogP contribution in [0.4, 0.5) is 15.8 Å². The van der Waals surface area contributed by atoms with E-state index in [0.29, 0.717) is 61.0 Å². The van der Waals surface area contributed by atoms with Crippen molar-refractivity contribution in [2.75, 3.05) is 68.7 Å². The second-order valence-corrected chi connectivity index (χ2v) is 17.0. The van der Waals surface area contributed by atoms with Crippen LogP contribution in [0.3, 0.4) is 0 Å². The molecular weight excluding hydrogens is 742 g/mol. The van der Waals surface area contributed by atoms with Crippen LogP contribution in [0.25, 0.3) is 11.3 Å². The van der Waals surface area contributed by atoms with Gasteiger partial charge in [0.2, 0.25) is 17.7 Å². The first kappa shape index (κ1) is 38.0. The van der Waals surface area contributed by atoms with Crippen molar-refractivity contribution in [2.24, 2.45) is 18.4 Å². The maximum Gasteiger partial charge on any atom is 0.267 e. The fraction of sp³-hybridized carbons (Fsp3) is 0.488. The van der Waals surface area contributed by atoms with Crippen LogP contribution in [0.15, 0.2) is 67.0 Å². The number of aromatic nitrogens is 4. The number of likely N-dealkylation sites (tertiary alicyclic amines) is 2. The standard InChI is InChI=1S/C43H50FN9O5/c1-49-16-13-39(48-49)58-43(14-20-52(21-15-43)31-23-36(47-45-24-31)34-4-2-3-5-37(34)54)41(57)53-27-42(28-53)25-50(26-42)17-10-29-11-18-51(19-12-29)30-6-7-32(35(44)22-30)33-8-9-38(55)46-40(33)56/h2-7,13,16,22-24,29,33,54H,8-12,14-15,17-21,25-28H2,1H3,(H,46,55,56). The maximum absolute atomic E-state index is 15.2. The molecule has 0 saturated carbocycles. The minimum Gasteiger partial charge on any atom is -0.507 e. The molecule has 9 rings (SSSR count). The molecule has 5 saturated heterocycles. The number of halogens is 1. The average molecular weight is 792 g/mol. The summed E-state index contributed by atoms with van der Waals surface area (Å²) in [5.74, 6) is -0.511. The lowest BCUT2D eigenvalue weighted by molar-refractivity contribution is -0.176. The summed E-state index contributed by atoms with van der Waals surface area (Å²) in [7, 11) is 1.84. The summed E-state index contributed by atoms with van der Waals surface area (Å²) in [6.07, 6.45) is 8.30. The van der Waals surface area contributed by atoms with E-state index in [9.17, 15) is 19.5 Å². The molecule has 15 heteroatoms. The number of phenols is 1. The smallest absolute Gasteiger partial charge is 0.267 e. The minimum atomic E-state index is -1.02. The fourth-order valence-corrected chi connectivity index (χ4v) is 9.77. The van der Waals surface area contributed by atoms with Crippen LogP contribution in [0, 0.1) is 17.2 Å². The summed E-state index contributed by atoms with van der Waals surface area (Å²) >= 11 is 0. The number of carbonyl (C=O) groups excluding carboxylic acids is 3. The number of nitrogens with one attached hydrogen (secondary N) is 1. The highest BCUT2D eigenvalue weighted by Crippen LogP contribution is 2.43. The van der Waals surface area contributed by atoms with E-state index in [0.717, 1.165) is 76.5 Å². The first-order valence-corrected chi connectivity index (χ1v) is 20.5. The Morgan fingerprint density at radius 3 is 2.41 bits per heavy atom. The minimum absolute atomic E-state index is 0.0295. The van der Waals surface area contributed by atoms with Crippen LogP contribution >= 0.6 is 0 Å². The van der Waals surface area contributed by atoms with Gasteiger partial charge in [-0.15, -0.1) is 5.10 Å². The molecule has 2 N–H and O–H groups in total. The quantitative estimate of drug-likeness (QED) is 0.224. The van der Waals surface area contributed by atoms with Gasteiger partial charge < -0.3 is 29.4 Å². The number of carbonyl (C=O) groups is 3. The largest absolute Gasteiger partial charge is 0.507 e. The van der Waals surface area contributed by atoms with Crippen molar-refractivity contribution >= 4 is 29.1 Å². The van der Waals surface area contributed by atoms with Crippen LogP contribution in [-0.2, 0) is 21.4 Å². The maximum atomic E-state index is 15.2. The number of hydrogen-bond acceptors (Lipinski definition) is 11. The van der Waals surface area contributed by atoms with Gasteiger partial charge >= 0.3 is 0 Å². The zero-order valence-electron chi connectivity index (χ0n) is 32.9. The van der Waals surface area contributed by atoms with E-state index >= 15 is 4.39 Å². The Labute approximate surface area is 336 Å². The van der Waals surface area contributed by atoms with Crippen LogP contribution in [0.5, 0.6) is 11.6 Å². The number of piperidine rings is 3. The lowest BCUT2D eigenvalue weighted by Crippen LogP contribution is -2.75. The topological polar surface area (TPSA) is 149 Å². The lowest BCUT2D eigenvalue weighted by atomic mass is 9.71. The number of amides is 3. The van der Waals surface area contributed by atoms with Gasteiger partial charge in [0, 0.05) is 113 Å². The molecule has 0 radical (unpaired) electrons. The molecule has 4 aromatic rings. The van der Waals surface area contributed by atoms with Crippen molar-refractivity contribution in [3.63, 3.8) is 0 Å². The summed E-state index contributed by atoms with van der Waals surface area (Å²) in [5, 5.41) is 25.7. The molecule has 3 amide bonds. The van der Waals surface area contributed by atoms with Gasteiger partial charge in [0.25, 0.3) is 5.91 Å². The molecule has 58 heavy (non-hydrogen) atoms. The predicted molar refractivity (Wildman–Crippen MR) is 214 cm³/mol. The Morgan fingerprint density at radius 1 is 0.948 bits per heavy atom. The van der Waals surface area contributed by atoms with Gasteiger partial charge in [-0.1, -0.05) is 18.2 Å². The summed E-state index contributed by atoms with van der Waals surface area (Å²) in [5.41, 5.74) is 2.39. The normalized spacial score (nSPS) is 22.0. The van der Waals surface area contributed by atoms with Crippen molar-refractivity contribution < 1.29 is 28.6 Å². The third kappa shape index (κ3) is 7.47. The van der Waals surface area contributed by atoms with E-state index in [1.54, 1.807) is 35.1 Å². The molecule has 1 spiro atoms. The Morgan fingerprint density at radius 2 is 1.71 bits per heavy atom. The third-order valence-corrected chi connectivity index (χ3v) is 13.0. The SMILES string of the molecule is Cn1ccc(OC2(C(=O)N3CC4(CN(CCC5CCN(c6ccc(C7CCC(=O)NC7=O)c(F)c6)CC5)C4)C3)CCN(c3cnnc(-c4ccccc4O)c3)CC2)n1. The highest BCUT2D eigenvalue weighted by atomic mass is 19.1. The second kappa shape index (κ2) is 15.3. The zero-order chi connectivity index (χ0) is 40.0. The number of aryl methyl sites for hydroxylation is 1. The molecule has 14 nitrogen and oxygen atoms in total. The van der Waals surface area contributed by atoms with Gasteiger partial charge in [0.15, 0.2) is 5.60 Å². The number of nitrogens with zero attached hydrogens (tertiary/aromatic N) is 8. The van der Waals surface area contributed by atoms with E-state index in [1.807, 2.05) is 42.4 Å². The number of hydrogen-bond donors (Lipinski definition) is 2. The Balaban J connectivity index is 0.752. The number of anilines is 2. The molecule has 5 fully saturated rings. The summed E-state index contributed by atoms with van der Waals surface area (Å²) < 4.78 is 23.4. The van der Waals surface area contributed by atoms with Crippen LogP contribution in [0.1, 0.15) is 56.4 Å². The van der Waals surface area contributed by atoms with E-state index in [1.165, 1.54) is 6.07 Å². The Hall–Kier alpha value is -5.57. The number of imide groups is 1. The average Bonchev–Trinajstić information content (AvgIpc) is 3.61. The van der Waals surface area contributed by atoms with Crippen LogP contribution < -0.4 is 19.9 Å². The number of phenolic OH excluding ortho intramolecular Hbond substituents is 1. The lowest BCUT2D eigenvalue weighted by Gasteiger charge is -2.61. The molecule has 304 valence electrons. The van der Waals surface area contributed by atoms with Crippen LogP contribution in [0.2, 0.25) is 0 Å². The number of aromatic hydroxyl groups is 1. The van der Waals surface area contributed by atoms with E-state index < -0.39 is 23.2 Å². The highest BCUT2D eigenvalue weighted by molar-refractivity contribution is 6.01. The number of benzene rings is 2. The fourth-order valence-electron chi connectivity index (χ4n) is 9.77. The Bertz CT molecular complexity index is 2180. The van der Waals surface area contributed by atoms with Crippen molar-refractivity contribution in [3.8, 4) is 22.9 Å². The number of ether oxygens (including phenoxy) is 1. The van der Waals surface area contributed by atoms with E-state index in [2.05, 4.69) is 35.3 Å². The van der Waals surface area contributed by atoms with Gasteiger partial charge in [-0.25, -0.2) is 4.39 Å². The molecule has 2 aromatic heterocycles. The summed E-state index contributed by atoms with van der Waals surface area (Å²) in [6, 6.07) is 16.0. The molecule has 1 atom stereocenters. The van der Waals surface area contributed by atoms with Gasteiger partial charge in [0.05, 0.1) is 23.5 Å². The molecule has 5 aliphatic rings. The van der Waals surface area contributed by atoms with Gasteiger partial charge in [-0.2, -0.15) is 10.2 Å². The molecular formula is C43H50FN9O5. The zero-order valence-corrected chi connectivity index (χ0v) is 32.9. The molecule has 2 aromatic carbocycles. The molecule has 5 aliphatic heterocycles. The van der Waals surface area contributed by atoms with Gasteiger partial charge in [-0.05, 0) is 68.5 Å². The first-order valence-electron chi connectivity index (χ1n) is 20.5. The molecule has 0 aliphatic carbocycles. The van der Waals surface area contributed by atoms with Crippen molar-refractivity contribution in [2.45, 2.75) is 56.5 Å². The van der Waals surface area contributed by atoms with Crippen molar-refractivity contribution in [1.29, 1.82) is 0 Å². The van der Waals surface area contributed by atoms with Crippen LogP contribution in [-0.4, -0.2) is 117 Å². The molecule has 1 unspecified atom stereocenters. The van der Waals surface area contributed by atoms with Gasteiger partial charge in [-0.3, -0.25) is 24.4 Å². The predicted octanol–water partition coefficient (Wildman–Crippen LogP) is 4.11. The van der Waals surface area contributed by atoms with E-state index in [-0.39, 0.29) is 29.4 Å². The summed E-state index contributed by atoms with van der Waals surface area (Å²) in [4.78, 5) is 47.1. The second-order valence-electron chi connectivity index (χ2n) is 17.0. The van der Waals surface area contributed by atoms with Crippen molar-refractivity contribution in [1.82, 2.24) is 35.1 Å². The van der Waals surface area contributed by atoms with Gasteiger partial charge in [0.1, 0.15) is 11.6 Å². The Kier molecular flexibility index (Phi) is 10.0. The molecule has 7 heterocycles. The first-order chi connectivity index (χ1) is 28.1. The number of para-hydroxylation sites is 1. The summed E-state index contributed by atoms with van der Waals surface area (Å²) in [6.45, 7) is 7.38. The molecule has 0 bridgehead atoms. The number of rotatable bonds is 10. The highest BCUT2D eigenvalue weighted by Gasteiger charge is 2.57.